The molecule has 1 heterocycles. The minimum Gasteiger partial charge on any atom is -0.465 e. The topological polar surface area (TPSA) is 127 Å². The number of benzene rings is 2. The highest BCUT2D eigenvalue weighted by atomic mass is 16.6. The molecule has 0 radical (unpaired) electrons. The number of Topliss-reactive ketones (excluding diaryl/α,β-unsaturated/α-hetero) is 1. The van der Waals surface area contributed by atoms with Crippen molar-refractivity contribution in [3.8, 4) is 0 Å². The van der Waals surface area contributed by atoms with Gasteiger partial charge in [-0.25, -0.2) is 0 Å². The average molecular weight is 398 g/mol. The van der Waals surface area contributed by atoms with Gasteiger partial charge in [-0.1, -0.05) is 18.2 Å². The van der Waals surface area contributed by atoms with Gasteiger partial charge in [-0.3, -0.25) is 29.4 Å². The Labute approximate surface area is 165 Å². The Balaban J connectivity index is 1.89. The summed E-state index contributed by atoms with van der Waals surface area (Å²) in [5.74, 6) is -2.01. The van der Waals surface area contributed by atoms with E-state index >= 15 is 0 Å². The van der Waals surface area contributed by atoms with Crippen molar-refractivity contribution in [2.45, 2.75) is 18.9 Å². The quantitative estimate of drug-likeness (QED) is 0.327. The molecule has 9 nitrogen and oxygen atoms in total. The van der Waals surface area contributed by atoms with Gasteiger partial charge in [0.2, 0.25) is 0 Å². The Morgan fingerprint density at radius 3 is 2.45 bits per heavy atom. The van der Waals surface area contributed by atoms with Crippen molar-refractivity contribution in [3.05, 3.63) is 69.8 Å². The number of esters is 1. The van der Waals surface area contributed by atoms with Crippen LogP contribution in [0.5, 0.6) is 0 Å². The summed E-state index contributed by atoms with van der Waals surface area (Å²) < 4.78 is 4.88. The van der Waals surface area contributed by atoms with Gasteiger partial charge in [0, 0.05) is 23.3 Å². The molecule has 0 unspecified atom stereocenters. The zero-order chi connectivity index (χ0) is 21.2. The standard InChI is InChI=1S/C20H18N2O7/c1-2-29-18(24)12-21-16-6-4-3-5-15(16)20(26,19(21)25)11-17(23)13-7-9-14(10-8-13)22(27)28/h3-10,26H,2,11-12H2,1H3/t20-/m0/s1. The fourth-order valence-electron chi connectivity index (χ4n) is 3.27. The first-order chi connectivity index (χ1) is 13.8. The van der Waals surface area contributed by atoms with Crippen molar-refractivity contribution in [1.29, 1.82) is 0 Å². The lowest BCUT2D eigenvalue weighted by molar-refractivity contribution is -0.384. The number of ketones is 1. The number of hydrogen-bond acceptors (Lipinski definition) is 7. The van der Waals surface area contributed by atoms with Gasteiger partial charge >= 0.3 is 5.97 Å². The molecule has 1 atom stereocenters. The minimum absolute atomic E-state index is 0.123. The maximum absolute atomic E-state index is 13.0. The Hall–Kier alpha value is -3.59. The summed E-state index contributed by atoms with van der Waals surface area (Å²) in [4.78, 5) is 48.8. The van der Waals surface area contributed by atoms with Crippen LogP contribution in [0, 0.1) is 10.1 Å². The van der Waals surface area contributed by atoms with Crippen LogP contribution in [0.25, 0.3) is 0 Å². The SMILES string of the molecule is CCOC(=O)CN1C(=O)[C@](O)(CC(=O)c2ccc([N+](=O)[O-])cc2)c2ccccc21. The van der Waals surface area contributed by atoms with Crippen LogP contribution in [-0.4, -0.2) is 40.8 Å². The lowest BCUT2D eigenvalue weighted by Gasteiger charge is -2.22. The molecule has 150 valence electrons. The summed E-state index contributed by atoms with van der Waals surface area (Å²) >= 11 is 0. The van der Waals surface area contributed by atoms with Crippen molar-refractivity contribution in [1.82, 2.24) is 0 Å². The van der Waals surface area contributed by atoms with E-state index in [0.29, 0.717) is 5.69 Å². The van der Waals surface area contributed by atoms with E-state index in [1.807, 2.05) is 0 Å². The molecule has 2 aromatic rings. The third-order valence-electron chi connectivity index (χ3n) is 4.65. The normalized spacial score (nSPS) is 17.7. The van der Waals surface area contributed by atoms with Crippen molar-refractivity contribution in [2.24, 2.45) is 0 Å². The number of aliphatic hydroxyl groups is 1. The number of amides is 1. The van der Waals surface area contributed by atoms with Gasteiger partial charge in [-0.2, -0.15) is 0 Å². The largest absolute Gasteiger partial charge is 0.465 e. The maximum atomic E-state index is 13.0. The Morgan fingerprint density at radius 1 is 1.17 bits per heavy atom. The molecular weight excluding hydrogens is 380 g/mol. The zero-order valence-corrected chi connectivity index (χ0v) is 15.5. The first-order valence-electron chi connectivity index (χ1n) is 8.85. The first-order valence-corrected chi connectivity index (χ1v) is 8.85. The van der Waals surface area contributed by atoms with E-state index in [-0.39, 0.29) is 23.4 Å². The number of nitro benzene ring substituents is 1. The molecule has 0 fully saturated rings. The van der Waals surface area contributed by atoms with Crippen LogP contribution in [0.3, 0.4) is 0 Å². The molecule has 0 spiro atoms. The lowest BCUT2D eigenvalue weighted by atomic mass is 9.88. The van der Waals surface area contributed by atoms with Crippen molar-refractivity contribution >= 4 is 29.0 Å². The Morgan fingerprint density at radius 2 is 1.83 bits per heavy atom. The minimum atomic E-state index is -2.15. The summed E-state index contributed by atoms with van der Waals surface area (Å²) in [5.41, 5.74) is -1.67. The molecule has 1 aliphatic rings. The molecule has 1 aliphatic heterocycles. The van der Waals surface area contributed by atoms with Gasteiger partial charge in [0.25, 0.3) is 11.6 Å². The molecule has 1 amide bonds. The lowest BCUT2D eigenvalue weighted by Crippen LogP contribution is -2.44. The number of ether oxygens (including phenoxy) is 1. The highest BCUT2D eigenvalue weighted by Gasteiger charge is 2.51. The van der Waals surface area contributed by atoms with Crippen molar-refractivity contribution in [3.63, 3.8) is 0 Å². The van der Waals surface area contributed by atoms with Crippen LogP contribution in [0.15, 0.2) is 48.5 Å². The Bertz CT molecular complexity index is 987. The fraction of sp³-hybridized carbons (Fsp3) is 0.250. The average Bonchev–Trinajstić information content (AvgIpc) is 2.90. The molecule has 2 aromatic carbocycles. The summed E-state index contributed by atoms with van der Waals surface area (Å²) in [6.07, 6.45) is -0.569. The van der Waals surface area contributed by atoms with Crippen LogP contribution >= 0.6 is 0 Å². The number of anilines is 1. The van der Waals surface area contributed by atoms with Gasteiger partial charge in [-0.15, -0.1) is 0 Å². The number of non-ortho nitro benzene ring substituents is 1. The highest BCUT2D eigenvalue weighted by molar-refractivity contribution is 6.12. The Kier molecular flexibility index (Phi) is 5.42. The van der Waals surface area contributed by atoms with Crippen molar-refractivity contribution in [2.75, 3.05) is 18.1 Å². The maximum Gasteiger partial charge on any atom is 0.326 e. The van der Waals surface area contributed by atoms with E-state index in [9.17, 15) is 29.6 Å². The molecule has 0 bridgehead atoms. The predicted molar refractivity (Wildman–Crippen MR) is 101 cm³/mol. The second-order valence-corrected chi connectivity index (χ2v) is 6.48. The van der Waals surface area contributed by atoms with E-state index < -0.39 is 41.1 Å². The molecule has 29 heavy (non-hydrogen) atoms. The summed E-state index contributed by atoms with van der Waals surface area (Å²) in [7, 11) is 0. The molecule has 0 saturated carbocycles. The van der Waals surface area contributed by atoms with Gasteiger partial charge < -0.3 is 9.84 Å². The zero-order valence-electron chi connectivity index (χ0n) is 15.5. The van der Waals surface area contributed by atoms with E-state index in [2.05, 4.69) is 0 Å². The smallest absolute Gasteiger partial charge is 0.326 e. The number of carbonyl (C=O) groups is 3. The third kappa shape index (κ3) is 3.72. The second kappa shape index (κ2) is 7.80. The number of nitrogens with zero attached hydrogens (tertiary/aromatic N) is 2. The van der Waals surface area contributed by atoms with Crippen LogP contribution in [0.2, 0.25) is 0 Å². The summed E-state index contributed by atoms with van der Waals surface area (Å²) in [5, 5.41) is 21.9. The number of hydrogen-bond donors (Lipinski definition) is 1. The van der Waals surface area contributed by atoms with Gasteiger partial charge in [0.15, 0.2) is 11.4 Å². The number of rotatable bonds is 7. The number of nitro groups is 1. The van der Waals surface area contributed by atoms with Crippen LogP contribution in [0.4, 0.5) is 11.4 Å². The summed E-state index contributed by atoms with van der Waals surface area (Å²) in [6, 6.07) is 11.2. The van der Waals surface area contributed by atoms with Crippen LogP contribution in [0.1, 0.15) is 29.3 Å². The van der Waals surface area contributed by atoms with Gasteiger partial charge in [0.1, 0.15) is 6.54 Å². The molecule has 0 aliphatic carbocycles. The van der Waals surface area contributed by atoms with E-state index in [1.165, 1.54) is 30.3 Å². The predicted octanol–water partition coefficient (Wildman–Crippen LogP) is 1.97. The van der Waals surface area contributed by atoms with Crippen molar-refractivity contribution < 1.29 is 29.2 Å². The number of fused-ring (bicyclic) bond motifs is 1. The number of carbonyl (C=O) groups excluding carboxylic acids is 3. The first kappa shape index (κ1) is 20.2. The van der Waals surface area contributed by atoms with Crippen LogP contribution < -0.4 is 4.90 Å². The molecule has 1 N–H and O–H groups in total. The van der Waals surface area contributed by atoms with Gasteiger partial charge in [-0.05, 0) is 25.1 Å². The molecule has 9 heteroatoms. The van der Waals surface area contributed by atoms with Gasteiger partial charge in [0.05, 0.1) is 23.6 Å². The molecule has 0 aromatic heterocycles. The third-order valence-corrected chi connectivity index (χ3v) is 4.65. The monoisotopic (exact) mass is 398 g/mol. The molecule has 3 rings (SSSR count). The van der Waals surface area contributed by atoms with E-state index in [4.69, 9.17) is 4.74 Å². The highest BCUT2D eigenvalue weighted by Crippen LogP contribution is 2.42. The summed E-state index contributed by atoms with van der Waals surface area (Å²) in [6.45, 7) is 1.39. The fourth-order valence-corrected chi connectivity index (χ4v) is 3.27. The number of para-hydroxylation sites is 1. The molecular formula is C20H18N2O7. The molecule has 0 saturated heterocycles. The second-order valence-electron chi connectivity index (χ2n) is 6.48. The van der Waals surface area contributed by atoms with E-state index in [0.717, 1.165) is 4.90 Å². The van der Waals surface area contributed by atoms with E-state index in [1.54, 1.807) is 25.1 Å². The van der Waals surface area contributed by atoms with Crippen LogP contribution in [-0.2, 0) is 19.9 Å².